The quantitative estimate of drug-likeness (QED) is 0.526. The van der Waals surface area contributed by atoms with Crippen LogP contribution in [0.5, 0.6) is 0 Å². The van der Waals surface area contributed by atoms with Gasteiger partial charge in [-0.05, 0) is 25.3 Å². The van der Waals surface area contributed by atoms with Gasteiger partial charge in [0.15, 0.2) is 0 Å². The highest BCUT2D eigenvalue weighted by Gasteiger charge is 2.14. The van der Waals surface area contributed by atoms with Crippen LogP contribution in [0.25, 0.3) is 10.9 Å². The summed E-state index contributed by atoms with van der Waals surface area (Å²) >= 11 is 0. The van der Waals surface area contributed by atoms with Crippen LogP contribution in [0, 0.1) is 10.1 Å². The summed E-state index contributed by atoms with van der Waals surface area (Å²) in [6.45, 7) is 0. The van der Waals surface area contributed by atoms with Crippen molar-refractivity contribution < 1.29 is 4.92 Å². The molecule has 0 bridgehead atoms. The highest BCUT2D eigenvalue weighted by atomic mass is 16.6. The lowest BCUT2D eigenvalue weighted by atomic mass is 10.0. The van der Waals surface area contributed by atoms with Crippen LogP contribution in [-0.4, -0.2) is 20.9 Å². The first-order chi connectivity index (χ1) is 9.74. The Labute approximate surface area is 115 Å². The Bertz CT molecular complexity index is 684. The molecule has 1 aromatic heterocycles. The van der Waals surface area contributed by atoms with Gasteiger partial charge in [-0.15, -0.1) is 0 Å². The number of benzene rings is 1. The van der Waals surface area contributed by atoms with Crippen molar-refractivity contribution >= 4 is 22.4 Å². The number of hydrogen-bond acceptors (Lipinski definition) is 5. The second-order valence-electron chi connectivity index (χ2n) is 4.81. The minimum atomic E-state index is -0.403. The number of anilines is 1. The fourth-order valence-corrected chi connectivity index (χ4v) is 2.39. The predicted molar refractivity (Wildman–Crippen MR) is 76.6 cm³/mol. The van der Waals surface area contributed by atoms with E-state index in [-0.39, 0.29) is 5.69 Å². The molecule has 0 aliphatic heterocycles. The number of aromatic nitrogens is 2. The third-order valence-corrected chi connectivity index (χ3v) is 3.44. The first-order valence-corrected chi connectivity index (χ1v) is 6.55. The standard InChI is InChI=1S/C14H14N4O2/c19-18(20)11-6-7-13-12(8-11)14(16-9-15-13)17-10-4-2-1-3-5-10/h1-2,6-10H,3-5H2,(H,15,16,17). The maximum absolute atomic E-state index is 10.9. The largest absolute Gasteiger partial charge is 0.366 e. The van der Waals surface area contributed by atoms with Crippen molar-refractivity contribution in [3.63, 3.8) is 0 Å². The van der Waals surface area contributed by atoms with E-state index in [4.69, 9.17) is 0 Å². The zero-order valence-corrected chi connectivity index (χ0v) is 10.8. The molecule has 1 aromatic carbocycles. The van der Waals surface area contributed by atoms with E-state index in [0.717, 1.165) is 19.3 Å². The molecule has 1 N–H and O–H groups in total. The van der Waals surface area contributed by atoms with E-state index in [1.165, 1.54) is 18.5 Å². The van der Waals surface area contributed by atoms with E-state index in [1.807, 2.05) is 0 Å². The van der Waals surface area contributed by atoms with Gasteiger partial charge in [0, 0.05) is 23.6 Å². The summed E-state index contributed by atoms with van der Waals surface area (Å²) in [6, 6.07) is 4.96. The van der Waals surface area contributed by atoms with Crippen molar-refractivity contribution in [3.8, 4) is 0 Å². The van der Waals surface area contributed by atoms with Gasteiger partial charge in [0.25, 0.3) is 5.69 Å². The van der Waals surface area contributed by atoms with Crippen molar-refractivity contribution in [1.82, 2.24) is 9.97 Å². The molecule has 0 saturated heterocycles. The lowest BCUT2D eigenvalue weighted by Crippen LogP contribution is -2.21. The highest BCUT2D eigenvalue weighted by molar-refractivity contribution is 5.90. The molecule has 0 amide bonds. The molecule has 3 rings (SSSR count). The number of nitro groups is 1. The average molecular weight is 270 g/mol. The number of fused-ring (bicyclic) bond motifs is 1. The zero-order valence-electron chi connectivity index (χ0n) is 10.8. The molecule has 1 aliphatic carbocycles. The topological polar surface area (TPSA) is 81.0 Å². The van der Waals surface area contributed by atoms with Crippen LogP contribution in [0.2, 0.25) is 0 Å². The molecule has 6 nitrogen and oxygen atoms in total. The summed E-state index contributed by atoms with van der Waals surface area (Å²) in [7, 11) is 0. The lowest BCUT2D eigenvalue weighted by molar-refractivity contribution is -0.384. The van der Waals surface area contributed by atoms with Crippen molar-refractivity contribution in [1.29, 1.82) is 0 Å². The van der Waals surface area contributed by atoms with E-state index in [1.54, 1.807) is 6.07 Å². The van der Waals surface area contributed by atoms with E-state index in [9.17, 15) is 10.1 Å². The second-order valence-corrected chi connectivity index (χ2v) is 4.81. The Morgan fingerprint density at radius 2 is 2.20 bits per heavy atom. The smallest absolute Gasteiger partial charge is 0.270 e. The Hall–Kier alpha value is -2.50. The summed E-state index contributed by atoms with van der Waals surface area (Å²) in [5, 5.41) is 14.9. The fraction of sp³-hybridized carbons (Fsp3) is 0.286. The first kappa shape index (κ1) is 12.5. The van der Waals surface area contributed by atoms with Crippen LogP contribution in [0.4, 0.5) is 11.5 Å². The Morgan fingerprint density at radius 3 is 2.95 bits per heavy atom. The molecule has 1 aliphatic rings. The van der Waals surface area contributed by atoms with Crippen molar-refractivity contribution in [3.05, 3.63) is 46.8 Å². The van der Waals surface area contributed by atoms with Gasteiger partial charge in [-0.25, -0.2) is 9.97 Å². The number of hydrogen-bond donors (Lipinski definition) is 1. The second kappa shape index (κ2) is 5.24. The molecule has 1 unspecified atom stereocenters. The number of rotatable bonds is 3. The maximum Gasteiger partial charge on any atom is 0.270 e. The van der Waals surface area contributed by atoms with Gasteiger partial charge < -0.3 is 5.32 Å². The van der Waals surface area contributed by atoms with E-state index in [0.29, 0.717) is 22.8 Å². The molecule has 6 heteroatoms. The van der Waals surface area contributed by atoms with Crippen molar-refractivity contribution in [2.24, 2.45) is 0 Å². The van der Waals surface area contributed by atoms with Crippen LogP contribution in [-0.2, 0) is 0 Å². The molecule has 1 heterocycles. The summed E-state index contributed by atoms with van der Waals surface area (Å²) in [5.74, 6) is 0.666. The third kappa shape index (κ3) is 2.45. The molecule has 102 valence electrons. The maximum atomic E-state index is 10.9. The number of non-ortho nitro benzene ring substituents is 1. The molecule has 0 radical (unpaired) electrons. The van der Waals surface area contributed by atoms with Crippen LogP contribution in [0.15, 0.2) is 36.7 Å². The van der Waals surface area contributed by atoms with Crippen LogP contribution >= 0.6 is 0 Å². The normalized spacial score (nSPS) is 18.1. The molecule has 1 atom stereocenters. The van der Waals surface area contributed by atoms with E-state index in [2.05, 4.69) is 27.4 Å². The van der Waals surface area contributed by atoms with E-state index >= 15 is 0 Å². The van der Waals surface area contributed by atoms with Crippen LogP contribution < -0.4 is 5.32 Å². The monoisotopic (exact) mass is 270 g/mol. The fourth-order valence-electron chi connectivity index (χ4n) is 2.39. The summed E-state index contributed by atoms with van der Waals surface area (Å²) in [4.78, 5) is 18.9. The number of nitro benzene ring substituents is 1. The molecular weight excluding hydrogens is 256 g/mol. The van der Waals surface area contributed by atoms with Gasteiger partial charge in [-0.3, -0.25) is 10.1 Å². The molecular formula is C14H14N4O2. The highest BCUT2D eigenvalue weighted by Crippen LogP contribution is 2.26. The minimum Gasteiger partial charge on any atom is -0.366 e. The Kier molecular flexibility index (Phi) is 3.28. The third-order valence-electron chi connectivity index (χ3n) is 3.44. The number of nitrogens with one attached hydrogen (secondary N) is 1. The lowest BCUT2D eigenvalue weighted by Gasteiger charge is -2.20. The van der Waals surface area contributed by atoms with Gasteiger partial charge >= 0.3 is 0 Å². The van der Waals surface area contributed by atoms with Gasteiger partial charge in [-0.1, -0.05) is 12.2 Å². The van der Waals surface area contributed by atoms with Crippen molar-refractivity contribution in [2.75, 3.05) is 5.32 Å². The van der Waals surface area contributed by atoms with Gasteiger partial charge in [0.1, 0.15) is 12.1 Å². The number of nitrogens with zero attached hydrogens (tertiary/aromatic N) is 3. The molecule has 0 fully saturated rings. The number of allylic oxidation sites excluding steroid dienone is 1. The molecule has 0 spiro atoms. The van der Waals surface area contributed by atoms with Gasteiger partial charge in [0.05, 0.1) is 10.4 Å². The predicted octanol–water partition coefficient (Wildman–Crippen LogP) is 3.06. The molecule has 20 heavy (non-hydrogen) atoms. The average Bonchev–Trinajstić information content (AvgIpc) is 2.48. The Morgan fingerprint density at radius 1 is 1.30 bits per heavy atom. The SMILES string of the molecule is O=[N+]([O-])c1ccc2ncnc(NC3CC=CCC3)c2c1. The first-order valence-electron chi connectivity index (χ1n) is 6.55. The summed E-state index contributed by atoms with van der Waals surface area (Å²) in [5.41, 5.74) is 0.762. The van der Waals surface area contributed by atoms with Gasteiger partial charge in [0.2, 0.25) is 0 Å². The summed E-state index contributed by atoms with van der Waals surface area (Å²) < 4.78 is 0. The Balaban J connectivity index is 1.98. The van der Waals surface area contributed by atoms with Crippen LogP contribution in [0.1, 0.15) is 19.3 Å². The molecule has 2 aromatic rings. The van der Waals surface area contributed by atoms with Crippen molar-refractivity contribution in [2.45, 2.75) is 25.3 Å². The molecule has 0 saturated carbocycles. The summed E-state index contributed by atoms with van der Waals surface area (Å²) in [6.07, 6.45) is 8.82. The van der Waals surface area contributed by atoms with Crippen LogP contribution in [0.3, 0.4) is 0 Å². The minimum absolute atomic E-state index is 0.0545. The van der Waals surface area contributed by atoms with Gasteiger partial charge in [-0.2, -0.15) is 0 Å². The van der Waals surface area contributed by atoms with E-state index < -0.39 is 4.92 Å². The zero-order chi connectivity index (χ0) is 13.9.